The summed E-state index contributed by atoms with van der Waals surface area (Å²) in [6.45, 7) is 1.38. The maximum atomic E-state index is 12.3. The van der Waals surface area contributed by atoms with Crippen LogP contribution in [0, 0.1) is 0 Å². The summed E-state index contributed by atoms with van der Waals surface area (Å²) < 4.78 is 5.18. The van der Waals surface area contributed by atoms with Gasteiger partial charge in [0, 0.05) is 32.2 Å². The average molecular weight is 314 g/mol. The van der Waals surface area contributed by atoms with E-state index in [4.69, 9.17) is 4.74 Å². The highest BCUT2D eigenvalue weighted by atomic mass is 16.5. The Hall–Kier alpha value is -2.31. The monoisotopic (exact) mass is 314 g/mol. The first-order chi connectivity index (χ1) is 11.2. The number of hydrogen-bond acceptors (Lipinski definition) is 5. The quantitative estimate of drug-likeness (QED) is 0.798. The molecule has 1 unspecified atom stereocenters. The summed E-state index contributed by atoms with van der Waals surface area (Å²) in [4.78, 5) is 22.5. The van der Waals surface area contributed by atoms with Crippen LogP contribution in [0.2, 0.25) is 0 Å². The summed E-state index contributed by atoms with van der Waals surface area (Å²) in [6, 6.07) is 9.25. The van der Waals surface area contributed by atoms with Crippen LogP contribution in [-0.4, -0.2) is 48.1 Å². The zero-order valence-corrected chi connectivity index (χ0v) is 13.5. The molecule has 6 nitrogen and oxygen atoms in total. The Morgan fingerprint density at radius 2 is 2.04 bits per heavy atom. The van der Waals surface area contributed by atoms with Crippen LogP contribution < -0.4 is 5.32 Å². The average Bonchev–Trinajstić information content (AvgIpc) is 2.56. The number of rotatable bonds is 8. The number of carbonyl (C=O) groups is 1. The number of nitrogens with zero attached hydrogens (tertiary/aromatic N) is 3. The Morgan fingerprint density at radius 3 is 2.70 bits per heavy atom. The molecule has 2 rings (SSSR count). The van der Waals surface area contributed by atoms with E-state index in [1.54, 1.807) is 25.7 Å². The van der Waals surface area contributed by atoms with Crippen LogP contribution in [-0.2, 0) is 16.1 Å². The van der Waals surface area contributed by atoms with Crippen LogP contribution in [0.15, 0.2) is 48.9 Å². The fourth-order valence-corrected chi connectivity index (χ4v) is 2.29. The van der Waals surface area contributed by atoms with E-state index in [9.17, 15) is 4.79 Å². The van der Waals surface area contributed by atoms with Gasteiger partial charge < -0.3 is 10.1 Å². The number of hydrogen-bond donors (Lipinski definition) is 1. The number of pyridine rings is 2. The van der Waals surface area contributed by atoms with Crippen molar-refractivity contribution in [2.75, 3.05) is 27.3 Å². The highest BCUT2D eigenvalue weighted by Crippen LogP contribution is 2.10. The lowest BCUT2D eigenvalue weighted by molar-refractivity contribution is -0.123. The Kier molecular flexibility index (Phi) is 6.65. The molecule has 1 N–H and O–H groups in total. The molecule has 2 aromatic heterocycles. The maximum absolute atomic E-state index is 12.3. The first kappa shape index (κ1) is 17.1. The molecule has 23 heavy (non-hydrogen) atoms. The third-order valence-corrected chi connectivity index (χ3v) is 3.33. The SMILES string of the molecule is COCC(NC(=O)CN(C)Cc1ccncc1)c1ccccn1. The molecular weight excluding hydrogens is 292 g/mol. The Bertz CT molecular complexity index is 592. The third kappa shape index (κ3) is 5.77. The number of carbonyl (C=O) groups excluding carboxylic acids is 1. The van der Waals surface area contributed by atoms with Crippen LogP contribution >= 0.6 is 0 Å². The van der Waals surface area contributed by atoms with Crippen LogP contribution in [0.3, 0.4) is 0 Å². The standard InChI is InChI=1S/C17H22N4O2/c1-21(11-14-6-9-18-10-7-14)12-17(22)20-16(13-23-2)15-5-3-4-8-19-15/h3-10,16H,11-13H2,1-2H3,(H,20,22). The summed E-state index contributed by atoms with van der Waals surface area (Å²) >= 11 is 0. The minimum atomic E-state index is -0.247. The van der Waals surface area contributed by atoms with Crippen LogP contribution in [0.1, 0.15) is 17.3 Å². The van der Waals surface area contributed by atoms with Gasteiger partial charge in [0.1, 0.15) is 0 Å². The molecule has 0 aromatic carbocycles. The summed E-state index contributed by atoms with van der Waals surface area (Å²) in [5.41, 5.74) is 1.91. The molecule has 122 valence electrons. The Balaban J connectivity index is 1.89. The topological polar surface area (TPSA) is 67.3 Å². The van der Waals surface area contributed by atoms with E-state index < -0.39 is 0 Å². The van der Waals surface area contributed by atoms with Crippen LogP contribution in [0.4, 0.5) is 0 Å². The number of aromatic nitrogens is 2. The molecule has 0 bridgehead atoms. The van der Waals surface area contributed by atoms with Crippen molar-refractivity contribution < 1.29 is 9.53 Å². The van der Waals surface area contributed by atoms with E-state index in [1.165, 1.54) is 0 Å². The summed E-state index contributed by atoms with van der Waals surface area (Å²) in [5.74, 6) is -0.0609. The summed E-state index contributed by atoms with van der Waals surface area (Å²) in [6.07, 6.45) is 5.21. The van der Waals surface area contributed by atoms with Gasteiger partial charge in [-0.15, -0.1) is 0 Å². The normalized spacial score (nSPS) is 12.1. The van der Waals surface area contributed by atoms with Gasteiger partial charge in [-0.2, -0.15) is 0 Å². The van der Waals surface area contributed by atoms with E-state index in [0.29, 0.717) is 19.7 Å². The zero-order chi connectivity index (χ0) is 16.5. The number of methoxy groups -OCH3 is 1. The molecule has 1 amide bonds. The van der Waals surface area contributed by atoms with Crippen molar-refractivity contribution in [3.8, 4) is 0 Å². The van der Waals surface area contributed by atoms with Gasteiger partial charge in [-0.3, -0.25) is 19.7 Å². The van der Waals surface area contributed by atoms with E-state index in [1.807, 2.05) is 42.3 Å². The van der Waals surface area contributed by atoms with Crippen molar-refractivity contribution >= 4 is 5.91 Å². The molecule has 0 radical (unpaired) electrons. The third-order valence-electron chi connectivity index (χ3n) is 3.33. The lowest BCUT2D eigenvalue weighted by Crippen LogP contribution is -2.38. The lowest BCUT2D eigenvalue weighted by atomic mass is 10.2. The van der Waals surface area contributed by atoms with Crippen LogP contribution in [0.5, 0.6) is 0 Å². The predicted molar refractivity (Wildman–Crippen MR) is 87.6 cm³/mol. The molecular formula is C17H22N4O2. The molecule has 0 aliphatic heterocycles. The summed E-state index contributed by atoms with van der Waals surface area (Å²) in [5, 5.41) is 2.97. The van der Waals surface area contributed by atoms with Crippen molar-refractivity contribution in [3.05, 3.63) is 60.2 Å². The van der Waals surface area contributed by atoms with Gasteiger partial charge >= 0.3 is 0 Å². The van der Waals surface area contributed by atoms with Crippen molar-refractivity contribution in [1.82, 2.24) is 20.2 Å². The highest BCUT2D eigenvalue weighted by Gasteiger charge is 2.16. The number of ether oxygens (including phenoxy) is 1. The van der Waals surface area contributed by atoms with Gasteiger partial charge in [0.2, 0.25) is 5.91 Å². The van der Waals surface area contributed by atoms with E-state index in [2.05, 4.69) is 15.3 Å². The molecule has 2 aromatic rings. The highest BCUT2D eigenvalue weighted by molar-refractivity contribution is 5.78. The summed E-state index contributed by atoms with van der Waals surface area (Å²) in [7, 11) is 3.52. The van der Waals surface area contributed by atoms with Crippen molar-refractivity contribution in [1.29, 1.82) is 0 Å². The molecule has 0 aliphatic rings. The molecule has 1 atom stereocenters. The predicted octanol–water partition coefficient (Wildman–Crippen LogP) is 1.41. The van der Waals surface area contributed by atoms with Gasteiger partial charge in [0.15, 0.2) is 0 Å². The second-order valence-corrected chi connectivity index (χ2v) is 5.36. The largest absolute Gasteiger partial charge is 0.382 e. The lowest BCUT2D eigenvalue weighted by Gasteiger charge is -2.20. The molecule has 0 saturated carbocycles. The molecule has 6 heteroatoms. The van der Waals surface area contributed by atoms with Gasteiger partial charge in [0.05, 0.1) is 24.9 Å². The minimum Gasteiger partial charge on any atom is -0.382 e. The molecule has 0 spiro atoms. The van der Waals surface area contributed by atoms with E-state index in [-0.39, 0.29) is 11.9 Å². The minimum absolute atomic E-state index is 0.0609. The second-order valence-electron chi connectivity index (χ2n) is 5.36. The van der Waals surface area contributed by atoms with E-state index >= 15 is 0 Å². The first-order valence-corrected chi connectivity index (χ1v) is 7.45. The maximum Gasteiger partial charge on any atom is 0.234 e. The molecule has 2 heterocycles. The van der Waals surface area contributed by atoms with Gasteiger partial charge in [0.25, 0.3) is 0 Å². The van der Waals surface area contributed by atoms with Crippen molar-refractivity contribution in [2.45, 2.75) is 12.6 Å². The van der Waals surface area contributed by atoms with E-state index in [0.717, 1.165) is 11.3 Å². The number of amides is 1. The fraction of sp³-hybridized carbons (Fsp3) is 0.353. The van der Waals surface area contributed by atoms with Gasteiger partial charge in [-0.25, -0.2) is 0 Å². The van der Waals surface area contributed by atoms with Gasteiger partial charge in [-0.1, -0.05) is 6.07 Å². The Labute approximate surface area is 136 Å². The Morgan fingerprint density at radius 1 is 1.26 bits per heavy atom. The number of likely N-dealkylation sites (N-methyl/N-ethyl adjacent to an activating group) is 1. The number of nitrogens with one attached hydrogen (secondary N) is 1. The molecule has 0 fully saturated rings. The second kappa shape index (κ2) is 8.97. The molecule has 0 saturated heterocycles. The zero-order valence-electron chi connectivity index (χ0n) is 13.5. The molecule has 0 aliphatic carbocycles. The smallest absolute Gasteiger partial charge is 0.234 e. The van der Waals surface area contributed by atoms with Crippen molar-refractivity contribution in [3.63, 3.8) is 0 Å². The van der Waals surface area contributed by atoms with Gasteiger partial charge in [-0.05, 0) is 36.9 Å². The fourth-order valence-electron chi connectivity index (χ4n) is 2.29. The van der Waals surface area contributed by atoms with Crippen molar-refractivity contribution in [2.24, 2.45) is 0 Å². The van der Waals surface area contributed by atoms with Crippen LogP contribution in [0.25, 0.3) is 0 Å². The first-order valence-electron chi connectivity index (χ1n) is 7.45.